The van der Waals surface area contributed by atoms with E-state index in [1.54, 1.807) is 13.2 Å². The summed E-state index contributed by atoms with van der Waals surface area (Å²) in [6, 6.07) is 1.71. The highest BCUT2D eigenvalue weighted by molar-refractivity contribution is 6.29. The van der Waals surface area contributed by atoms with E-state index in [2.05, 4.69) is 15.3 Å². The van der Waals surface area contributed by atoms with Crippen molar-refractivity contribution in [2.45, 2.75) is 32.8 Å². The topological polar surface area (TPSA) is 47.0 Å². The number of hydrogen-bond acceptors (Lipinski definition) is 4. The predicted octanol–water partition coefficient (Wildman–Crippen LogP) is 2.53. The fourth-order valence-electron chi connectivity index (χ4n) is 1.09. The lowest BCUT2D eigenvalue weighted by Crippen LogP contribution is -2.32. The molecular weight excluding hydrogens is 226 g/mol. The average Bonchev–Trinajstić information content (AvgIpc) is 2.26. The van der Waals surface area contributed by atoms with Crippen LogP contribution in [0.5, 0.6) is 0 Å². The number of halogens is 1. The lowest BCUT2D eigenvalue weighted by molar-refractivity contribution is 0.0343. The number of nitrogens with zero attached hydrogens (tertiary/aromatic N) is 2. The van der Waals surface area contributed by atoms with Crippen LogP contribution in [0.1, 0.15) is 26.6 Å². The van der Waals surface area contributed by atoms with Gasteiger partial charge in [0.25, 0.3) is 0 Å². The molecule has 0 amide bonds. The summed E-state index contributed by atoms with van der Waals surface area (Å²) in [6.07, 6.45) is 0.767. The molecule has 0 saturated heterocycles. The molecule has 1 rings (SSSR count). The zero-order chi connectivity index (χ0) is 12.2. The van der Waals surface area contributed by atoms with Crippen molar-refractivity contribution < 1.29 is 4.74 Å². The van der Waals surface area contributed by atoms with Crippen molar-refractivity contribution in [1.29, 1.82) is 0 Å². The summed E-state index contributed by atoms with van der Waals surface area (Å²) >= 11 is 5.89. The molecule has 0 aliphatic rings. The van der Waals surface area contributed by atoms with Gasteiger partial charge in [-0.15, -0.1) is 0 Å². The van der Waals surface area contributed by atoms with Gasteiger partial charge in [0, 0.05) is 26.1 Å². The first-order valence-electron chi connectivity index (χ1n) is 5.29. The lowest BCUT2D eigenvalue weighted by Gasteiger charge is -2.23. The van der Waals surface area contributed by atoms with Gasteiger partial charge in [-0.2, -0.15) is 0 Å². The number of aromatic nitrogens is 2. The van der Waals surface area contributed by atoms with E-state index in [-0.39, 0.29) is 5.60 Å². The van der Waals surface area contributed by atoms with E-state index in [0.29, 0.717) is 11.7 Å². The SMILES string of the molecule is CCc1nc(Cl)cc(NCC(C)(C)OC)n1. The summed E-state index contributed by atoms with van der Waals surface area (Å²) in [4.78, 5) is 8.43. The average molecular weight is 244 g/mol. The van der Waals surface area contributed by atoms with Crippen LogP contribution in [0.25, 0.3) is 0 Å². The summed E-state index contributed by atoms with van der Waals surface area (Å²) in [5.41, 5.74) is -0.232. The van der Waals surface area contributed by atoms with Crippen LogP contribution in [0.15, 0.2) is 6.07 Å². The fraction of sp³-hybridized carbons (Fsp3) is 0.636. The second-order valence-electron chi connectivity index (χ2n) is 4.16. The molecule has 1 aromatic heterocycles. The van der Waals surface area contributed by atoms with Gasteiger partial charge in [-0.25, -0.2) is 9.97 Å². The molecular formula is C11H18ClN3O. The summed E-state index contributed by atoms with van der Waals surface area (Å²) in [6.45, 7) is 6.67. The highest BCUT2D eigenvalue weighted by Gasteiger charge is 2.16. The molecule has 1 heterocycles. The van der Waals surface area contributed by atoms with Crippen molar-refractivity contribution in [3.05, 3.63) is 17.0 Å². The van der Waals surface area contributed by atoms with Crippen LogP contribution >= 0.6 is 11.6 Å². The summed E-state index contributed by atoms with van der Waals surface area (Å²) in [5, 5.41) is 3.65. The Morgan fingerprint density at radius 2 is 2.12 bits per heavy atom. The number of anilines is 1. The van der Waals surface area contributed by atoms with Gasteiger partial charge >= 0.3 is 0 Å². The van der Waals surface area contributed by atoms with Crippen LogP contribution in [-0.2, 0) is 11.2 Å². The Hall–Kier alpha value is -0.870. The minimum atomic E-state index is -0.232. The van der Waals surface area contributed by atoms with E-state index in [9.17, 15) is 0 Å². The third-order valence-corrected chi connectivity index (χ3v) is 2.50. The van der Waals surface area contributed by atoms with Crippen LogP contribution in [0.3, 0.4) is 0 Å². The minimum Gasteiger partial charge on any atom is -0.377 e. The Kier molecular flexibility index (Phi) is 4.50. The Bertz CT molecular complexity index is 355. The van der Waals surface area contributed by atoms with Gasteiger partial charge in [0.15, 0.2) is 0 Å². The molecule has 1 N–H and O–H groups in total. The summed E-state index contributed by atoms with van der Waals surface area (Å²) in [7, 11) is 1.69. The Labute approximate surface area is 101 Å². The number of methoxy groups -OCH3 is 1. The maximum atomic E-state index is 5.89. The first kappa shape index (κ1) is 13.2. The number of nitrogens with one attached hydrogen (secondary N) is 1. The third-order valence-electron chi connectivity index (χ3n) is 2.31. The molecule has 0 aliphatic heterocycles. The molecule has 5 heteroatoms. The second-order valence-corrected chi connectivity index (χ2v) is 4.55. The van der Waals surface area contributed by atoms with E-state index in [4.69, 9.17) is 16.3 Å². The van der Waals surface area contributed by atoms with Crippen LogP contribution in [0, 0.1) is 0 Å². The monoisotopic (exact) mass is 243 g/mol. The van der Waals surface area contributed by atoms with Crippen LogP contribution in [-0.4, -0.2) is 29.2 Å². The molecule has 4 nitrogen and oxygen atoms in total. The molecule has 0 unspecified atom stereocenters. The maximum absolute atomic E-state index is 5.89. The Balaban J connectivity index is 2.70. The van der Waals surface area contributed by atoms with E-state index < -0.39 is 0 Å². The smallest absolute Gasteiger partial charge is 0.134 e. The summed E-state index contributed by atoms with van der Waals surface area (Å²) < 4.78 is 5.31. The van der Waals surface area contributed by atoms with Crippen molar-refractivity contribution in [2.24, 2.45) is 0 Å². The molecule has 0 atom stereocenters. The maximum Gasteiger partial charge on any atom is 0.134 e. The highest BCUT2D eigenvalue weighted by atomic mass is 35.5. The first-order valence-corrected chi connectivity index (χ1v) is 5.67. The van der Waals surface area contributed by atoms with Crippen LogP contribution < -0.4 is 5.32 Å². The zero-order valence-electron chi connectivity index (χ0n) is 10.2. The number of rotatable bonds is 5. The molecule has 0 aliphatic carbocycles. The molecule has 0 saturated carbocycles. The fourth-order valence-corrected chi connectivity index (χ4v) is 1.29. The quantitative estimate of drug-likeness (QED) is 0.808. The summed E-state index contributed by atoms with van der Waals surface area (Å²) in [5.74, 6) is 1.48. The van der Waals surface area contributed by atoms with Crippen LogP contribution in [0.4, 0.5) is 5.82 Å². The van der Waals surface area contributed by atoms with Gasteiger partial charge in [0.1, 0.15) is 16.8 Å². The molecule has 0 spiro atoms. The van der Waals surface area contributed by atoms with Crippen LogP contribution in [0.2, 0.25) is 5.15 Å². The zero-order valence-corrected chi connectivity index (χ0v) is 10.9. The number of ether oxygens (including phenoxy) is 1. The van der Waals surface area contributed by atoms with Gasteiger partial charge in [-0.05, 0) is 13.8 Å². The standard InChI is InChI=1S/C11H18ClN3O/c1-5-9-14-8(12)6-10(15-9)13-7-11(2,3)16-4/h6H,5,7H2,1-4H3,(H,13,14,15). The number of hydrogen-bond donors (Lipinski definition) is 1. The van der Waals surface area contributed by atoms with Gasteiger partial charge in [-0.1, -0.05) is 18.5 Å². The van der Waals surface area contributed by atoms with Gasteiger partial charge in [0.2, 0.25) is 0 Å². The third kappa shape index (κ3) is 3.94. The highest BCUT2D eigenvalue weighted by Crippen LogP contribution is 2.14. The molecule has 16 heavy (non-hydrogen) atoms. The molecule has 0 radical (unpaired) electrons. The Morgan fingerprint density at radius 1 is 1.44 bits per heavy atom. The van der Waals surface area contributed by atoms with E-state index in [0.717, 1.165) is 18.1 Å². The van der Waals surface area contributed by atoms with Crippen molar-refractivity contribution in [1.82, 2.24) is 9.97 Å². The van der Waals surface area contributed by atoms with Gasteiger partial charge < -0.3 is 10.1 Å². The molecule has 0 aromatic carbocycles. The molecule has 1 aromatic rings. The molecule has 0 bridgehead atoms. The van der Waals surface area contributed by atoms with E-state index >= 15 is 0 Å². The second kappa shape index (κ2) is 5.46. The first-order chi connectivity index (χ1) is 7.46. The Morgan fingerprint density at radius 3 is 2.69 bits per heavy atom. The van der Waals surface area contributed by atoms with Crippen molar-refractivity contribution in [3.8, 4) is 0 Å². The predicted molar refractivity (Wildman–Crippen MR) is 66.0 cm³/mol. The molecule has 90 valence electrons. The van der Waals surface area contributed by atoms with Crippen molar-refractivity contribution >= 4 is 17.4 Å². The van der Waals surface area contributed by atoms with Gasteiger partial charge in [0.05, 0.1) is 5.60 Å². The minimum absolute atomic E-state index is 0.232. The molecule has 0 fully saturated rings. The normalized spacial score (nSPS) is 11.6. The van der Waals surface area contributed by atoms with Crippen molar-refractivity contribution in [3.63, 3.8) is 0 Å². The van der Waals surface area contributed by atoms with E-state index in [1.165, 1.54) is 0 Å². The number of aryl methyl sites for hydroxylation is 1. The van der Waals surface area contributed by atoms with E-state index in [1.807, 2.05) is 20.8 Å². The van der Waals surface area contributed by atoms with Crippen molar-refractivity contribution in [2.75, 3.05) is 19.0 Å². The lowest BCUT2D eigenvalue weighted by atomic mass is 10.1. The largest absolute Gasteiger partial charge is 0.377 e. The van der Waals surface area contributed by atoms with Gasteiger partial charge in [-0.3, -0.25) is 0 Å².